The molecule has 2 rings (SSSR count). The Morgan fingerprint density at radius 3 is 3.18 bits per heavy atom. The molecule has 0 spiro atoms. The molecule has 1 saturated heterocycles. The Hall–Kier alpha value is -0.750. The van der Waals surface area contributed by atoms with E-state index in [9.17, 15) is 0 Å². The topological polar surface area (TPSA) is 70.8 Å². The predicted octanol–water partition coefficient (Wildman–Crippen LogP) is 1.03. The molecule has 6 heteroatoms. The molecule has 2 atom stereocenters. The molecular weight excluding hydrogens is 234 g/mol. The molecule has 2 heterocycles. The minimum absolute atomic E-state index is 0.233. The molecule has 0 aliphatic carbocycles. The van der Waals surface area contributed by atoms with Gasteiger partial charge in [0.25, 0.3) is 0 Å². The molecule has 3 N–H and O–H groups in total. The van der Waals surface area contributed by atoms with E-state index in [4.69, 9.17) is 5.73 Å². The van der Waals surface area contributed by atoms with Crippen LogP contribution in [-0.4, -0.2) is 45.8 Å². The number of aryl methyl sites for hydroxylation is 1. The number of hydrogen-bond acceptors (Lipinski definition) is 5. The van der Waals surface area contributed by atoms with Gasteiger partial charge in [0, 0.05) is 30.8 Å². The van der Waals surface area contributed by atoms with Crippen LogP contribution in [0.2, 0.25) is 0 Å². The number of nitrogens with zero attached hydrogens (tertiary/aromatic N) is 3. The first kappa shape index (κ1) is 12.7. The zero-order chi connectivity index (χ0) is 12.3. The second-order valence-electron chi connectivity index (χ2n) is 4.56. The molecule has 1 fully saturated rings. The van der Waals surface area contributed by atoms with Gasteiger partial charge in [0.05, 0.1) is 0 Å². The summed E-state index contributed by atoms with van der Waals surface area (Å²) >= 11 is 1.82. The predicted molar refractivity (Wildman–Crippen MR) is 72.5 cm³/mol. The van der Waals surface area contributed by atoms with Gasteiger partial charge in [-0.25, -0.2) is 0 Å². The average Bonchev–Trinajstić information content (AvgIpc) is 2.78. The molecule has 2 unspecified atom stereocenters. The SMILES string of the molecule is CSCCc1nc(N2CCCC(N)C2C)n[nH]1. The van der Waals surface area contributed by atoms with Crippen molar-refractivity contribution in [3.05, 3.63) is 5.82 Å². The van der Waals surface area contributed by atoms with Crippen molar-refractivity contribution in [1.82, 2.24) is 15.2 Å². The maximum atomic E-state index is 6.08. The molecule has 1 aliphatic heterocycles. The quantitative estimate of drug-likeness (QED) is 0.841. The zero-order valence-corrected chi connectivity index (χ0v) is 11.3. The fourth-order valence-electron chi connectivity index (χ4n) is 2.18. The summed E-state index contributed by atoms with van der Waals surface area (Å²) in [7, 11) is 0. The Kier molecular flexibility index (Phi) is 4.28. The summed E-state index contributed by atoms with van der Waals surface area (Å²) in [6.45, 7) is 3.16. The Morgan fingerprint density at radius 1 is 1.59 bits per heavy atom. The van der Waals surface area contributed by atoms with Crippen molar-refractivity contribution in [2.45, 2.75) is 38.3 Å². The number of hydrogen-bond donors (Lipinski definition) is 2. The molecule has 1 aromatic heterocycles. The molecule has 0 radical (unpaired) electrons. The van der Waals surface area contributed by atoms with Crippen LogP contribution in [0.3, 0.4) is 0 Å². The Balaban J connectivity index is 2.03. The van der Waals surface area contributed by atoms with Crippen LogP contribution in [0.5, 0.6) is 0 Å². The first-order valence-corrected chi connectivity index (χ1v) is 7.54. The molecule has 5 nitrogen and oxygen atoms in total. The largest absolute Gasteiger partial charge is 0.335 e. The van der Waals surface area contributed by atoms with Crippen molar-refractivity contribution in [3.63, 3.8) is 0 Å². The van der Waals surface area contributed by atoms with Gasteiger partial charge in [0.15, 0.2) is 0 Å². The van der Waals surface area contributed by atoms with Crippen molar-refractivity contribution in [3.8, 4) is 0 Å². The number of piperidine rings is 1. The van der Waals surface area contributed by atoms with Crippen LogP contribution in [0.1, 0.15) is 25.6 Å². The van der Waals surface area contributed by atoms with Crippen LogP contribution in [0.25, 0.3) is 0 Å². The van der Waals surface area contributed by atoms with E-state index < -0.39 is 0 Å². The second-order valence-corrected chi connectivity index (χ2v) is 5.55. The van der Waals surface area contributed by atoms with Crippen LogP contribution >= 0.6 is 11.8 Å². The second kappa shape index (κ2) is 5.73. The third-order valence-corrected chi connectivity index (χ3v) is 3.98. The lowest BCUT2D eigenvalue weighted by Crippen LogP contribution is -2.51. The molecule has 17 heavy (non-hydrogen) atoms. The standard InChI is InChI=1S/C11H21N5S/c1-8-9(12)4-3-6-16(8)11-13-10(14-15-11)5-7-17-2/h8-9H,3-7,12H2,1-2H3,(H,13,14,15). The van der Waals surface area contributed by atoms with Gasteiger partial charge >= 0.3 is 0 Å². The van der Waals surface area contributed by atoms with Crippen molar-refractivity contribution in [1.29, 1.82) is 0 Å². The number of H-pyrrole nitrogens is 1. The van der Waals surface area contributed by atoms with E-state index in [1.165, 1.54) is 0 Å². The van der Waals surface area contributed by atoms with Crippen LogP contribution in [0.15, 0.2) is 0 Å². The summed E-state index contributed by atoms with van der Waals surface area (Å²) in [6, 6.07) is 0.560. The van der Waals surface area contributed by atoms with E-state index in [-0.39, 0.29) is 6.04 Å². The number of aromatic amines is 1. The minimum atomic E-state index is 0.233. The monoisotopic (exact) mass is 255 g/mol. The lowest BCUT2D eigenvalue weighted by Gasteiger charge is -2.36. The number of nitrogens with one attached hydrogen (secondary N) is 1. The highest BCUT2D eigenvalue weighted by Gasteiger charge is 2.27. The van der Waals surface area contributed by atoms with Gasteiger partial charge in [-0.15, -0.1) is 5.10 Å². The van der Waals surface area contributed by atoms with E-state index >= 15 is 0 Å². The Labute approximate surface area is 107 Å². The fourth-order valence-corrected chi connectivity index (χ4v) is 2.58. The summed E-state index contributed by atoms with van der Waals surface area (Å²) in [6.07, 6.45) is 5.27. The van der Waals surface area contributed by atoms with Crippen molar-refractivity contribution < 1.29 is 0 Å². The number of anilines is 1. The molecule has 0 bridgehead atoms. The van der Waals surface area contributed by atoms with Crippen LogP contribution < -0.4 is 10.6 Å². The average molecular weight is 255 g/mol. The first-order chi connectivity index (χ1) is 8.22. The van der Waals surface area contributed by atoms with Crippen molar-refractivity contribution in [2.75, 3.05) is 23.5 Å². The van der Waals surface area contributed by atoms with Gasteiger partial charge in [-0.2, -0.15) is 16.7 Å². The van der Waals surface area contributed by atoms with E-state index in [2.05, 4.69) is 33.3 Å². The fraction of sp³-hybridized carbons (Fsp3) is 0.818. The summed E-state index contributed by atoms with van der Waals surface area (Å²) in [5.74, 6) is 2.86. The van der Waals surface area contributed by atoms with Crippen molar-refractivity contribution in [2.24, 2.45) is 5.73 Å². The van der Waals surface area contributed by atoms with Gasteiger partial charge in [0.2, 0.25) is 5.95 Å². The highest BCUT2D eigenvalue weighted by molar-refractivity contribution is 7.98. The van der Waals surface area contributed by atoms with Crippen LogP contribution in [0, 0.1) is 0 Å². The highest BCUT2D eigenvalue weighted by Crippen LogP contribution is 2.20. The Morgan fingerprint density at radius 2 is 2.41 bits per heavy atom. The number of aromatic nitrogens is 3. The summed E-state index contributed by atoms with van der Waals surface area (Å²) in [4.78, 5) is 6.76. The van der Waals surface area contributed by atoms with Gasteiger partial charge in [-0.1, -0.05) is 0 Å². The van der Waals surface area contributed by atoms with Crippen LogP contribution in [-0.2, 0) is 6.42 Å². The zero-order valence-electron chi connectivity index (χ0n) is 10.5. The molecule has 0 amide bonds. The molecule has 96 valence electrons. The molecule has 1 aliphatic rings. The number of nitrogens with two attached hydrogens (primary N) is 1. The van der Waals surface area contributed by atoms with Gasteiger partial charge in [-0.3, -0.25) is 5.10 Å². The minimum Gasteiger partial charge on any atom is -0.335 e. The number of thioether (sulfide) groups is 1. The first-order valence-electron chi connectivity index (χ1n) is 6.15. The molecule has 1 aromatic rings. The molecule has 0 aromatic carbocycles. The maximum Gasteiger partial charge on any atom is 0.244 e. The van der Waals surface area contributed by atoms with E-state index in [1.54, 1.807) is 0 Å². The van der Waals surface area contributed by atoms with E-state index in [1.807, 2.05) is 11.8 Å². The summed E-state index contributed by atoms with van der Waals surface area (Å²) in [5.41, 5.74) is 6.08. The lowest BCUT2D eigenvalue weighted by atomic mass is 9.99. The van der Waals surface area contributed by atoms with E-state index in [0.717, 1.165) is 43.3 Å². The lowest BCUT2D eigenvalue weighted by molar-refractivity contribution is 0.416. The van der Waals surface area contributed by atoms with Crippen LogP contribution in [0.4, 0.5) is 5.95 Å². The van der Waals surface area contributed by atoms with Gasteiger partial charge < -0.3 is 10.6 Å². The third kappa shape index (κ3) is 2.93. The molecule has 0 saturated carbocycles. The van der Waals surface area contributed by atoms with Gasteiger partial charge in [-0.05, 0) is 26.0 Å². The highest BCUT2D eigenvalue weighted by atomic mass is 32.2. The maximum absolute atomic E-state index is 6.08. The normalized spacial score (nSPS) is 25.2. The smallest absolute Gasteiger partial charge is 0.244 e. The van der Waals surface area contributed by atoms with E-state index in [0.29, 0.717) is 6.04 Å². The third-order valence-electron chi connectivity index (χ3n) is 3.37. The van der Waals surface area contributed by atoms with Gasteiger partial charge in [0.1, 0.15) is 5.82 Å². The Bertz CT molecular complexity index is 353. The summed E-state index contributed by atoms with van der Waals surface area (Å²) in [5, 5.41) is 7.32. The van der Waals surface area contributed by atoms with Crippen molar-refractivity contribution >= 4 is 17.7 Å². The molecular formula is C11H21N5S. The summed E-state index contributed by atoms with van der Waals surface area (Å²) < 4.78 is 0. The number of rotatable bonds is 4.